The Bertz CT molecular complexity index is 654. The number of urea groups is 1. The van der Waals surface area contributed by atoms with E-state index in [4.69, 9.17) is 10.5 Å². The molecule has 2 aromatic rings. The molecule has 0 saturated carbocycles. The zero-order valence-corrected chi connectivity index (χ0v) is 12.9. The Morgan fingerprint density at radius 2 is 1.82 bits per heavy atom. The van der Waals surface area contributed by atoms with E-state index in [1.54, 1.807) is 49.4 Å². The van der Waals surface area contributed by atoms with Gasteiger partial charge in [-0.25, -0.2) is 9.80 Å². The van der Waals surface area contributed by atoms with E-state index in [0.717, 1.165) is 11.3 Å². The van der Waals surface area contributed by atoms with Crippen LogP contribution in [0.2, 0.25) is 0 Å². The molecule has 0 bridgehead atoms. The molecular weight excluding hydrogens is 280 g/mol. The highest BCUT2D eigenvalue weighted by Crippen LogP contribution is 2.27. The third-order valence-electron chi connectivity index (χ3n) is 2.86. The average Bonchev–Trinajstić information content (AvgIpc) is 2.43. The summed E-state index contributed by atoms with van der Waals surface area (Å²) in [6.45, 7) is 1.94. The molecule has 0 spiro atoms. The maximum absolute atomic E-state index is 11.6. The van der Waals surface area contributed by atoms with Gasteiger partial charge in [0.05, 0.1) is 0 Å². The van der Waals surface area contributed by atoms with Gasteiger partial charge in [0, 0.05) is 25.5 Å². The Balaban J connectivity index is 2.01. The largest absolute Gasteiger partial charge is 0.457 e. The van der Waals surface area contributed by atoms with Crippen molar-refractivity contribution >= 4 is 17.4 Å². The maximum atomic E-state index is 11.6. The van der Waals surface area contributed by atoms with Gasteiger partial charge in [-0.1, -0.05) is 0 Å². The maximum Gasteiger partial charge on any atom is 0.333 e. The van der Waals surface area contributed by atoms with E-state index in [0.29, 0.717) is 17.1 Å². The summed E-state index contributed by atoms with van der Waals surface area (Å²) in [4.78, 5) is 11.6. The quantitative estimate of drug-likeness (QED) is 0.599. The second-order valence-corrected chi connectivity index (χ2v) is 5.11. The fraction of sp³-hybridized carbons (Fsp3) is 0.188. The van der Waals surface area contributed by atoms with E-state index in [1.807, 2.05) is 19.1 Å². The van der Waals surface area contributed by atoms with Crippen LogP contribution in [-0.4, -0.2) is 25.1 Å². The van der Waals surface area contributed by atoms with Crippen molar-refractivity contribution in [1.29, 1.82) is 0 Å². The number of rotatable bonds is 4. The zero-order chi connectivity index (χ0) is 16.1. The Morgan fingerprint density at radius 3 is 2.41 bits per heavy atom. The summed E-state index contributed by atoms with van der Waals surface area (Å²) in [7, 11) is 3.48. The number of nitrogens with one attached hydrogen (secondary N) is 2. The molecule has 6 heteroatoms. The molecule has 4 N–H and O–H groups in total. The molecule has 0 atom stereocenters. The first-order chi connectivity index (χ1) is 10.4. The molecule has 2 rings (SSSR count). The predicted molar refractivity (Wildman–Crippen MR) is 87.9 cm³/mol. The normalized spacial score (nSPS) is 10.4. The minimum Gasteiger partial charge on any atom is -0.457 e. The van der Waals surface area contributed by atoms with Gasteiger partial charge >= 0.3 is 6.03 Å². The Kier molecular flexibility index (Phi) is 4.85. The van der Waals surface area contributed by atoms with Crippen molar-refractivity contribution < 1.29 is 9.53 Å². The minimum absolute atomic E-state index is 0.298. The van der Waals surface area contributed by atoms with Crippen LogP contribution in [0.4, 0.5) is 16.2 Å². The van der Waals surface area contributed by atoms with Crippen LogP contribution in [0, 0.1) is 6.92 Å². The first-order valence-corrected chi connectivity index (χ1v) is 6.83. The molecule has 0 aromatic heterocycles. The van der Waals surface area contributed by atoms with Crippen LogP contribution in [0.3, 0.4) is 0 Å². The highest BCUT2D eigenvalue weighted by molar-refractivity contribution is 5.88. The van der Waals surface area contributed by atoms with E-state index in [2.05, 4.69) is 10.7 Å². The van der Waals surface area contributed by atoms with Gasteiger partial charge < -0.3 is 15.8 Å². The molecule has 0 fully saturated rings. The van der Waals surface area contributed by atoms with Crippen LogP contribution in [0.15, 0.2) is 42.5 Å². The number of aryl methyl sites for hydroxylation is 1. The van der Waals surface area contributed by atoms with E-state index in [1.165, 1.54) is 0 Å². The number of nitrogens with zero attached hydrogens (tertiary/aromatic N) is 1. The van der Waals surface area contributed by atoms with Crippen LogP contribution >= 0.6 is 0 Å². The van der Waals surface area contributed by atoms with Crippen molar-refractivity contribution in [3.05, 3.63) is 48.0 Å². The fourth-order valence-electron chi connectivity index (χ4n) is 1.88. The smallest absolute Gasteiger partial charge is 0.333 e. The topological polar surface area (TPSA) is 79.6 Å². The summed E-state index contributed by atoms with van der Waals surface area (Å²) in [5, 5.41) is 4.29. The third kappa shape index (κ3) is 4.39. The van der Waals surface area contributed by atoms with Gasteiger partial charge in [0.15, 0.2) is 0 Å². The van der Waals surface area contributed by atoms with Gasteiger partial charge in [-0.2, -0.15) is 0 Å². The molecule has 0 heterocycles. The standard InChI is InChI=1S/C16H20N4O2/c1-11-10-12(17)4-9-15(11)22-14-7-5-13(6-8-14)18-16(21)19-20(2)3/h4-10H,17H2,1-3H3,(H2,18,19,21). The molecule has 0 aliphatic carbocycles. The van der Waals surface area contributed by atoms with Gasteiger partial charge in [0.1, 0.15) is 11.5 Å². The molecule has 0 aliphatic heterocycles. The number of amides is 2. The van der Waals surface area contributed by atoms with Gasteiger partial charge in [-0.05, 0) is 55.0 Å². The van der Waals surface area contributed by atoms with Crippen molar-refractivity contribution in [1.82, 2.24) is 10.4 Å². The van der Waals surface area contributed by atoms with E-state index >= 15 is 0 Å². The van der Waals surface area contributed by atoms with Gasteiger partial charge in [0.2, 0.25) is 0 Å². The predicted octanol–water partition coefficient (Wildman–Crippen LogP) is 2.97. The lowest BCUT2D eigenvalue weighted by atomic mass is 10.2. The number of carbonyl (C=O) groups is 1. The van der Waals surface area contributed by atoms with Gasteiger partial charge in [-0.3, -0.25) is 5.43 Å². The van der Waals surface area contributed by atoms with Gasteiger partial charge in [0.25, 0.3) is 0 Å². The zero-order valence-electron chi connectivity index (χ0n) is 12.9. The number of hydrogen-bond donors (Lipinski definition) is 3. The number of hydrogen-bond acceptors (Lipinski definition) is 4. The number of ether oxygens (including phenoxy) is 1. The van der Waals surface area contributed by atoms with Crippen LogP contribution in [0.5, 0.6) is 11.5 Å². The lowest BCUT2D eigenvalue weighted by molar-refractivity contribution is 0.224. The monoisotopic (exact) mass is 300 g/mol. The molecule has 2 aromatic carbocycles. The first-order valence-electron chi connectivity index (χ1n) is 6.83. The summed E-state index contributed by atoms with van der Waals surface area (Å²) >= 11 is 0. The number of nitrogen functional groups attached to an aromatic ring is 1. The molecule has 116 valence electrons. The number of carbonyl (C=O) groups excluding carboxylic acids is 1. The Morgan fingerprint density at radius 1 is 1.14 bits per heavy atom. The summed E-state index contributed by atoms with van der Waals surface area (Å²) in [6, 6.07) is 12.3. The number of benzene rings is 2. The van der Waals surface area contributed by atoms with Crippen molar-refractivity contribution in [2.75, 3.05) is 25.1 Å². The molecule has 0 radical (unpaired) electrons. The molecule has 0 unspecified atom stereocenters. The molecule has 2 amide bonds. The molecule has 6 nitrogen and oxygen atoms in total. The number of nitrogens with two attached hydrogens (primary N) is 1. The number of hydrazine groups is 1. The SMILES string of the molecule is Cc1cc(N)ccc1Oc1ccc(NC(=O)NN(C)C)cc1. The summed E-state index contributed by atoms with van der Waals surface area (Å²) in [6.07, 6.45) is 0. The van der Waals surface area contributed by atoms with Crippen LogP contribution < -0.4 is 21.2 Å². The molecule has 0 saturated heterocycles. The van der Waals surface area contributed by atoms with E-state index in [-0.39, 0.29) is 6.03 Å². The second-order valence-electron chi connectivity index (χ2n) is 5.11. The Hall–Kier alpha value is -2.73. The highest BCUT2D eigenvalue weighted by Gasteiger charge is 2.04. The molecule has 22 heavy (non-hydrogen) atoms. The summed E-state index contributed by atoms with van der Waals surface area (Å²) in [5.74, 6) is 1.44. The minimum atomic E-state index is -0.298. The van der Waals surface area contributed by atoms with Crippen molar-refractivity contribution in [3.8, 4) is 11.5 Å². The van der Waals surface area contributed by atoms with Gasteiger partial charge in [-0.15, -0.1) is 0 Å². The van der Waals surface area contributed by atoms with Crippen LogP contribution in [0.1, 0.15) is 5.56 Å². The lowest BCUT2D eigenvalue weighted by Gasteiger charge is -2.13. The van der Waals surface area contributed by atoms with E-state index in [9.17, 15) is 4.79 Å². The summed E-state index contributed by atoms with van der Waals surface area (Å²) in [5.41, 5.74) is 10.7. The van der Waals surface area contributed by atoms with Crippen molar-refractivity contribution in [2.45, 2.75) is 6.92 Å². The molecule has 0 aliphatic rings. The second kappa shape index (κ2) is 6.82. The van der Waals surface area contributed by atoms with Crippen molar-refractivity contribution in [2.24, 2.45) is 0 Å². The van der Waals surface area contributed by atoms with Crippen LogP contribution in [0.25, 0.3) is 0 Å². The number of anilines is 2. The first kappa shape index (κ1) is 15.7. The molecular formula is C16H20N4O2. The highest BCUT2D eigenvalue weighted by atomic mass is 16.5. The van der Waals surface area contributed by atoms with Crippen molar-refractivity contribution in [3.63, 3.8) is 0 Å². The Labute approximate surface area is 129 Å². The van der Waals surface area contributed by atoms with Crippen LogP contribution in [-0.2, 0) is 0 Å². The third-order valence-corrected chi connectivity index (χ3v) is 2.86. The average molecular weight is 300 g/mol. The fourth-order valence-corrected chi connectivity index (χ4v) is 1.88. The van der Waals surface area contributed by atoms with E-state index < -0.39 is 0 Å². The summed E-state index contributed by atoms with van der Waals surface area (Å²) < 4.78 is 5.80. The lowest BCUT2D eigenvalue weighted by Crippen LogP contribution is -2.39.